The van der Waals surface area contributed by atoms with Gasteiger partial charge in [0.2, 0.25) is 0 Å². The zero-order valence-corrected chi connectivity index (χ0v) is 17.9. The summed E-state index contributed by atoms with van der Waals surface area (Å²) in [6.45, 7) is 6.97. The number of aryl methyl sites for hydroxylation is 1. The summed E-state index contributed by atoms with van der Waals surface area (Å²) >= 11 is 0.952. The molecule has 3 N–H and O–H groups in total. The highest BCUT2D eigenvalue weighted by Crippen LogP contribution is 2.34. The van der Waals surface area contributed by atoms with Crippen LogP contribution < -0.4 is 11.1 Å². The van der Waals surface area contributed by atoms with Crippen molar-refractivity contribution in [2.45, 2.75) is 27.7 Å². The molecule has 156 valence electrons. The summed E-state index contributed by atoms with van der Waals surface area (Å²) in [5.41, 5.74) is 8.34. The van der Waals surface area contributed by atoms with Crippen molar-refractivity contribution in [3.8, 4) is 5.69 Å². The average molecular weight is 426 g/mol. The number of para-hydroxylation sites is 1. The number of anilines is 1. The molecule has 0 saturated heterocycles. The molecule has 0 fully saturated rings. The number of primary amides is 1. The van der Waals surface area contributed by atoms with Gasteiger partial charge in [-0.05, 0) is 45.4 Å². The van der Waals surface area contributed by atoms with Gasteiger partial charge in [-0.15, -0.1) is 11.3 Å². The summed E-state index contributed by atoms with van der Waals surface area (Å²) in [6, 6.07) is 9.45. The number of ether oxygens (including phenoxy) is 1. The summed E-state index contributed by atoms with van der Waals surface area (Å²) < 4.78 is 6.77. The largest absolute Gasteiger partial charge is 0.462 e. The molecular formula is C21H22N4O4S. The molecule has 30 heavy (non-hydrogen) atoms. The van der Waals surface area contributed by atoms with Crippen LogP contribution in [0.25, 0.3) is 5.69 Å². The molecule has 3 aromatic rings. The summed E-state index contributed by atoms with van der Waals surface area (Å²) in [5.74, 6) is -1.73. The van der Waals surface area contributed by atoms with Gasteiger partial charge in [0.05, 0.1) is 39.7 Å². The van der Waals surface area contributed by atoms with Crippen molar-refractivity contribution >= 4 is 34.1 Å². The molecule has 2 aromatic heterocycles. The lowest BCUT2D eigenvalue weighted by Gasteiger charge is -2.08. The average Bonchev–Trinajstić information content (AvgIpc) is 3.18. The second-order valence-corrected chi connectivity index (χ2v) is 7.61. The molecule has 3 rings (SSSR count). The predicted molar refractivity (Wildman–Crippen MR) is 115 cm³/mol. The highest BCUT2D eigenvalue weighted by Gasteiger charge is 2.27. The van der Waals surface area contributed by atoms with Gasteiger partial charge >= 0.3 is 5.97 Å². The van der Waals surface area contributed by atoms with Crippen LogP contribution in [0.1, 0.15) is 54.3 Å². The van der Waals surface area contributed by atoms with E-state index >= 15 is 0 Å². The van der Waals surface area contributed by atoms with Crippen molar-refractivity contribution in [2.75, 3.05) is 11.9 Å². The molecule has 0 aliphatic carbocycles. The lowest BCUT2D eigenvalue weighted by atomic mass is 10.1. The Bertz CT molecular complexity index is 1130. The van der Waals surface area contributed by atoms with Crippen LogP contribution in [0, 0.1) is 20.8 Å². The van der Waals surface area contributed by atoms with Gasteiger partial charge in [-0.25, -0.2) is 9.48 Å². The van der Waals surface area contributed by atoms with E-state index in [4.69, 9.17) is 10.5 Å². The van der Waals surface area contributed by atoms with E-state index in [0.29, 0.717) is 22.5 Å². The molecule has 0 saturated carbocycles. The summed E-state index contributed by atoms with van der Waals surface area (Å²) in [7, 11) is 0. The molecule has 0 aliphatic rings. The van der Waals surface area contributed by atoms with E-state index in [2.05, 4.69) is 10.4 Å². The fourth-order valence-corrected chi connectivity index (χ4v) is 4.29. The number of nitrogens with one attached hydrogen (secondary N) is 1. The lowest BCUT2D eigenvalue weighted by Crippen LogP contribution is -2.16. The molecule has 2 amide bonds. The van der Waals surface area contributed by atoms with E-state index in [1.165, 1.54) is 0 Å². The SMILES string of the molecule is CCOC(=O)c1c(NC(=O)c2c(C)nn(-c3ccccc3)c2C)sc(C(N)=O)c1C. The van der Waals surface area contributed by atoms with Gasteiger partial charge in [-0.1, -0.05) is 18.2 Å². The molecule has 1 aromatic carbocycles. The van der Waals surface area contributed by atoms with Crippen LogP contribution in [0.15, 0.2) is 30.3 Å². The maximum atomic E-state index is 13.1. The molecule has 0 atom stereocenters. The zero-order chi connectivity index (χ0) is 22.0. The summed E-state index contributed by atoms with van der Waals surface area (Å²) in [4.78, 5) is 37.5. The van der Waals surface area contributed by atoms with E-state index in [1.807, 2.05) is 30.3 Å². The third-order valence-corrected chi connectivity index (χ3v) is 5.82. The van der Waals surface area contributed by atoms with E-state index < -0.39 is 17.8 Å². The van der Waals surface area contributed by atoms with Gasteiger partial charge in [0.1, 0.15) is 5.00 Å². The highest BCUT2D eigenvalue weighted by atomic mass is 32.1. The van der Waals surface area contributed by atoms with Gasteiger partial charge in [0.25, 0.3) is 11.8 Å². The van der Waals surface area contributed by atoms with Crippen LogP contribution in [0.5, 0.6) is 0 Å². The number of rotatable bonds is 6. The molecule has 0 bridgehead atoms. The Labute approximate surface area is 177 Å². The number of nitrogens with zero attached hydrogens (tertiary/aromatic N) is 2. The number of esters is 1. The smallest absolute Gasteiger partial charge is 0.341 e. The molecule has 0 spiro atoms. The van der Waals surface area contributed by atoms with Crippen LogP contribution in [-0.4, -0.2) is 34.2 Å². The van der Waals surface area contributed by atoms with Crippen molar-refractivity contribution < 1.29 is 19.1 Å². The Morgan fingerprint density at radius 2 is 1.80 bits per heavy atom. The Kier molecular flexibility index (Phi) is 6.02. The quantitative estimate of drug-likeness (QED) is 0.586. The first-order valence-electron chi connectivity index (χ1n) is 9.29. The fraction of sp³-hybridized carbons (Fsp3) is 0.238. The van der Waals surface area contributed by atoms with Crippen LogP contribution in [0.3, 0.4) is 0 Å². The number of hydrogen-bond donors (Lipinski definition) is 2. The Balaban J connectivity index is 2.01. The molecule has 0 radical (unpaired) electrons. The van der Waals surface area contributed by atoms with Gasteiger partial charge in [0.15, 0.2) is 0 Å². The van der Waals surface area contributed by atoms with Crippen LogP contribution in [-0.2, 0) is 4.74 Å². The van der Waals surface area contributed by atoms with Crippen molar-refractivity contribution in [1.29, 1.82) is 0 Å². The molecular weight excluding hydrogens is 404 g/mol. The van der Waals surface area contributed by atoms with Crippen LogP contribution in [0.2, 0.25) is 0 Å². The van der Waals surface area contributed by atoms with E-state index in [0.717, 1.165) is 17.0 Å². The first-order valence-corrected chi connectivity index (χ1v) is 10.1. The summed E-state index contributed by atoms with van der Waals surface area (Å²) in [6.07, 6.45) is 0. The Morgan fingerprint density at radius 1 is 1.13 bits per heavy atom. The zero-order valence-electron chi connectivity index (χ0n) is 17.1. The van der Waals surface area contributed by atoms with Gasteiger partial charge in [-0.3, -0.25) is 9.59 Å². The topological polar surface area (TPSA) is 116 Å². The molecule has 9 heteroatoms. The van der Waals surface area contributed by atoms with Crippen molar-refractivity contribution in [3.05, 3.63) is 63.3 Å². The molecule has 0 unspecified atom stereocenters. The minimum Gasteiger partial charge on any atom is -0.462 e. The number of nitrogens with two attached hydrogens (primary N) is 1. The fourth-order valence-electron chi connectivity index (χ4n) is 3.24. The van der Waals surface area contributed by atoms with Gasteiger partial charge < -0.3 is 15.8 Å². The monoisotopic (exact) mass is 426 g/mol. The normalized spacial score (nSPS) is 10.7. The van der Waals surface area contributed by atoms with E-state index in [-0.39, 0.29) is 22.0 Å². The van der Waals surface area contributed by atoms with Gasteiger partial charge in [-0.2, -0.15) is 5.10 Å². The third-order valence-electron chi connectivity index (χ3n) is 4.60. The minimum atomic E-state index is -0.673. The number of carbonyl (C=O) groups is 3. The van der Waals surface area contributed by atoms with Crippen molar-refractivity contribution in [3.63, 3.8) is 0 Å². The number of hydrogen-bond acceptors (Lipinski definition) is 6. The maximum absolute atomic E-state index is 13.1. The molecule has 2 heterocycles. The molecule has 8 nitrogen and oxygen atoms in total. The lowest BCUT2D eigenvalue weighted by molar-refractivity contribution is 0.0527. The first kappa shape index (κ1) is 21.3. The van der Waals surface area contributed by atoms with E-state index in [1.54, 1.807) is 32.4 Å². The van der Waals surface area contributed by atoms with Gasteiger partial charge in [0, 0.05) is 0 Å². The predicted octanol–water partition coefficient (Wildman–Crippen LogP) is 3.39. The van der Waals surface area contributed by atoms with Crippen LogP contribution >= 0.6 is 11.3 Å². The second kappa shape index (κ2) is 8.50. The highest BCUT2D eigenvalue weighted by molar-refractivity contribution is 7.18. The van der Waals surface area contributed by atoms with Crippen LogP contribution in [0.4, 0.5) is 5.00 Å². The number of benzene rings is 1. The number of thiophene rings is 1. The van der Waals surface area contributed by atoms with Crippen molar-refractivity contribution in [1.82, 2.24) is 9.78 Å². The van der Waals surface area contributed by atoms with Crippen molar-refractivity contribution in [2.24, 2.45) is 5.73 Å². The first-order chi connectivity index (χ1) is 14.3. The molecule has 0 aliphatic heterocycles. The standard InChI is InChI=1S/C21H22N4O4S/c1-5-29-21(28)15-11(2)17(18(22)26)30-20(15)23-19(27)16-12(3)24-25(13(16)4)14-9-7-6-8-10-14/h6-10H,5H2,1-4H3,(H2,22,26)(H,23,27). The number of carbonyl (C=O) groups excluding carboxylic acids is 3. The van der Waals surface area contributed by atoms with E-state index in [9.17, 15) is 14.4 Å². The number of amides is 2. The number of aromatic nitrogens is 2. The summed E-state index contributed by atoms with van der Waals surface area (Å²) in [5, 5.41) is 7.44. The third kappa shape index (κ3) is 3.84. The Morgan fingerprint density at radius 3 is 2.40 bits per heavy atom. The minimum absolute atomic E-state index is 0.134. The maximum Gasteiger partial charge on any atom is 0.341 e. The Hall–Kier alpha value is -3.46. The second-order valence-electron chi connectivity index (χ2n) is 6.59.